The van der Waals surface area contributed by atoms with E-state index in [2.05, 4.69) is 61.5 Å². The van der Waals surface area contributed by atoms with Crippen LogP contribution >= 0.6 is 0 Å². The molecule has 0 amide bonds. The summed E-state index contributed by atoms with van der Waals surface area (Å²) in [6.07, 6.45) is 0. The molecule has 0 radical (unpaired) electrons. The molecule has 2 N–H and O–H groups in total. The molecule has 20 heavy (non-hydrogen) atoms. The maximum Gasteiger partial charge on any atom is 0.0349 e. The van der Waals surface area contributed by atoms with Crippen LogP contribution in [0.4, 0.5) is 5.69 Å². The molecule has 98 valence electrons. The zero-order chi connectivity index (χ0) is 13.9. The first-order chi connectivity index (χ1) is 9.75. The number of hydrogen-bond acceptors (Lipinski definition) is 1. The number of nitrogens with two attached hydrogens (primary N) is 1. The molecule has 1 heteroatoms. The van der Waals surface area contributed by atoms with E-state index in [4.69, 9.17) is 5.73 Å². The third kappa shape index (κ3) is 2.30. The van der Waals surface area contributed by atoms with Crippen LogP contribution in [-0.2, 0) is 0 Å². The van der Waals surface area contributed by atoms with E-state index in [9.17, 15) is 0 Å². The van der Waals surface area contributed by atoms with Crippen molar-refractivity contribution in [1.82, 2.24) is 0 Å². The monoisotopic (exact) mass is 259 g/mol. The largest absolute Gasteiger partial charge is 0.398 e. The quantitative estimate of drug-likeness (QED) is 0.650. The maximum absolute atomic E-state index is 5.98. The van der Waals surface area contributed by atoms with Crippen LogP contribution in [0.5, 0.6) is 0 Å². The molecule has 0 bridgehead atoms. The van der Waals surface area contributed by atoms with Crippen molar-refractivity contribution in [2.45, 2.75) is 6.92 Å². The Labute approximate surface area is 119 Å². The second kappa shape index (κ2) is 5.22. The molecule has 3 aromatic rings. The van der Waals surface area contributed by atoms with Crippen molar-refractivity contribution < 1.29 is 0 Å². The van der Waals surface area contributed by atoms with Gasteiger partial charge in [0.2, 0.25) is 0 Å². The van der Waals surface area contributed by atoms with E-state index >= 15 is 0 Å². The Morgan fingerprint density at radius 3 is 1.90 bits per heavy atom. The van der Waals surface area contributed by atoms with E-state index < -0.39 is 0 Å². The summed E-state index contributed by atoms with van der Waals surface area (Å²) in [5.74, 6) is 0. The van der Waals surface area contributed by atoms with Crippen molar-refractivity contribution in [3.05, 3.63) is 78.4 Å². The van der Waals surface area contributed by atoms with E-state index in [0.29, 0.717) is 0 Å². The lowest BCUT2D eigenvalue weighted by Gasteiger charge is -2.09. The van der Waals surface area contributed by atoms with Crippen molar-refractivity contribution in [3.63, 3.8) is 0 Å². The normalized spacial score (nSPS) is 10.4. The molecule has 0 aliphatic heterocycles. The Morgan fingerprint density at radius 2 is 1.20 bits per heavy atom. The molecule has 0 aliphatic rings. The molecule has 0 unspecified atom stereocenters. The predicted octanol–water partition coefficient (Wildman–Crippen LogP) is 4.91. The number of anilines is 1. The second-order valence-electron chi connectivity index (χ2n) is 4.96. The Hall–Kier alpha value is -2.54. The van der Waals surface area contributed by atoms with Crippen LogP contribution < -0.4 is 5.73 Å². The van der Waals surface area contributed by atoms with Crippen LogP contribution in [-0.4, -0.2) is 0 Å². The molecule has 0 saturated heterocycles. The third-order valence-electron chi connectivity index (χ3n) is 3.68. The molecule has 0 spiro atoms. The summed E-state index contributed by atoms with van der Waals surface area (Å²) >= 11 is 0. The van der Waals surface area contributed by atoms with Gasteiger partial charge in [0.15, 0.2) is 0 Å². The third-order valence-corrected chi connectivity index (χ3v) is 3.68. The molecule has 0 saturated carbocycles. The Kier molecular flexibility index (Phi) is 3.26. The van der Waals surface area contributed by atoms with Crippen molar-refractivity contribution >= 4 is 5.69 Å². The van der Waals surface area contributed by atoms with Gasteiger partial charge in [0.05, 0.1) is 0 Å². The minimum absolute atomic E-state index is 0.842. The van der Waals surface area contributed by atoms with E-state index in [-0.39, 0.29) is 0 Å². The highest BCUT2D eigenvalue weighted by molar-refractivity contribution is 5.75. The molecule has 0 aromatic heterocycles. The average molecular weight is 259 g/mol. The standard InChI is InChI=1S/C19H17N/c1-14-18(8-5-9-19(14)20)17-12-10-16(11-13-17)15-6-3-2-4-7-15/h2-13H,20H2,1H3. The highest BCUT2D eigenvalue weighted by atomic mass is 14.6. The van der Waals surface area contributed by atoms with Crippen LogP contribution in [0.25, 0.3) is 22.3 Å². The Bertz CT molecular complexity index is 713. The second-order valence-corrected chi connectivity index (χ2v) is 4.96. The average Bonchev–Trinajstić information content (AvgIpc) is 2.51. The lowest BCUT2D eigenvalue weighted by atomic mass is 9.97. The van der Waals surface area contributed by atoms with Gasteiger partial charge in [-0.25, -0.2) is 0 Å². The molecule has 0 atom stereocenters. The summed E-state index contributed by atoms with van der Waals surface area (Å²) in [4.78, 5) is 0. The number of hydrogen-bond donors (Lipinski definition) is 1. The SMILES string of the molecule is Cc1c(N)cccc1-c1ccc(-c2ccccc2)cc1. The van der Waals surface area contributed by atoms with E-state index in [1.165, 1.54) is 22.3 Å². The number of benzene rings is 3. The first-order valence-corrected chi connectivity index (χ1v) is 6.76. The highest BCUT2D eigenvalue weighted by Crippen LogP contribution is 2.29. The molecule has 3 rings (SSSR count). The first-order valence-electron chi connectivity index (χ1n) is 6.76. The van der Waals surface area contributed by atoms with Crippen molar-refractivity contribution in [1.29, 1.82) is 0 Å². The molecular weight excluding hydrogens is 242 g/mol. The number of rotatable bonds is 2. The van der Waals surface area contributed by atoms with Gasteiger partial charge in [-0.05, 0) is 40.8 Å². The maximum atomic E-state index is 5.98. The lowest BCUT2D eigenvalue weighted by molar-refractivity contribution is 1.46. The van der Waals surface area contributed by atoms with Crippen LogP contribution in [0.1, 0.15) is 5.56 Å². The van der Waals surface area contributed by atoms with Gasteiger partial charge in [0.1, 0.15) is 0 Å². The Balaban J connectivity index is 2.00. The summed E-state index contributed by atoms with van der Waals surface area (Å²) < 4.78 is 0. The Morgan fingerprint density at radius 1 is 0.600 bits per heavy atom. The van der Waals surface area contributed by atoms with Crippen molar-refractivity contribution in [3.8, 4) is 22.3 Å². The van der Waals surface area contributed by atoms with Gasteiger partial charge in [-0.3, -0.25) is 0 Å². The summed E-state index contributed by atoms with van der Waals surface area (Å²) in [6, 6.07) is 25.1. The van der Waals surface area contributed by atoms with Gasteiger partial charge in [-0.2, -0.15) is 0 Å². The summed E-state index contributed by atoms with van der Waals surface area (Å²) in [6.45, 7) is 2.07. The van der Waals surface area contributed by atoms with Gasteiger partial charge in [-0.1, -0.05) is 66.7 Å². The predicted molar refractivity (Wildman–Crippen MR) is 86.5 cm³/mol. The summed E-state index contributed by atoms with van der Waals surface area (Å²) in [5, 5.41) is 0. The smallest absolute Gasteiger partial charge is 0.0349 e. The van der Waals surface area contributed by atoms with Crippen LogP contribution in [0, 0.1) is 6.92 Å². The fourth-order valence-corrected chi connectivity index (χ4v) is 2.44. The number of nitrogen functional groups attached to an aromatic ring is 1. The van der Waals surface area contributed by atoms with Gasteiger partial charge in [0, 0.05) is 5.69 Å². The zero-order valence-corrected chi connectivity index (χ0v) is 11.5. The minimum Gasteiger partial charge on any atom is -0.398 e. The van der Waals surface area contributed by atoms with Crippen LogP contribution in [0.3, 0.4) is 0 Å². The molecule has 0 fully saturated rings. The lowest BCUT2D eigenvalue weighted by Crippen LogP contribution is -1.91. The van der Waals surface area contributed by atoms with Gasteiger partial charge >= 0.3 is 0 Å². The summed E-state index contributed by atoms with van der Waals surface area (Å²) in [5.41, 5.74) is 12.8. The first kappa shape index (κ1) is 12.5. The molecule has 0 aliphatic carbocycles. The van der Waals surface area contributed by atoms with Crippen molar-refractivity contribution in [2.75, 3.05) is 5.73 Å². The zero-order valence-electron chi connectivity index (χ0n) is 11.5. The fraction of sp³-hybridized carbons (Fsp3) is 0.0526. The molecule has 0 heterocycles. The minimum atomic E-state index is 0.842. The van der Waals surface area contributed by atoms with Gasteiger partial charge in [-0.15, -0.1) is 0 Å². The van der Waals surface area contributed by atoms with Gasteiger partial charge < -0.3 is 5.73 Å². The van der Waals surface area contributed by atoms with E-state index in [0.717, 1.165) is 11.3 Å². The molecular formula is C19H17N. The van der Waals surface area contributed by atoms with E-state index in [1.54, 1.807) is 0 Å². The summed E-state index contributed by atoms with van der Waals surface area (Å²) in [7, 11) is 0. The fourth-order valence-electron chi connectivity index (χ4n) is 2.44. The van der Waals surface area contributed by atoms with Crippen molar-refractivity contribution in [2.24, 2.45) is 0 Å². The van der Waals surface area contributed by atoms with Crippen LogP contribution in [0.2, 0.25) is 0 Å². The van der Waals surface area contributed by atoms with E-state index in [1.807, 2.05) is 18.2 Å². The topological polar surface area (TPSA) is 26.0 Å². The van der Waals surface area contributed by atoms with Crippen LogP contribution in [0.15, 0.2) is 72.8 Å². The molecule has 3 aromatic carbocycles. The highest BCUT2D eigenvalue weighted by Gasteiger charge is 2.04. The molecule has 1 nitrogen and oxygen atoms in total. The van der Waals surface area contributed by atoms with Gasteiger partial charge in [0.25, 0.3) is 0 Å².